The second kappa shape index (κ2) is 12.5. The molecule has 3 aromatic rings. The van der Waals surface area contributed by atoms with Gasteiger partial charge in [-0.3, -0.25) is 14.4 Å². The van der Waals surface area contributed by atoms with Gasteiger partial charge < -0.3 is 36.9 Å². The Bertz CT molecular complexity index is 1210. The fourth-order valence-electron chi connectivity index (χ4n) is 3.69. The van der Waals surface area contributed by atoms with Crippen LogP contribution >= 0.6 is 0 Å². The van der Waals surface area contributed by atoms with Gasteiger partial charge in [0.1, 0.15) is 12.1 Å². The number of aliphatic hydroxyl groups is 1. The lowest BCUT2D eigenvalue weighted by molar-refractivity contribution is -0.142. The molecule has 0 aliphatic carbocycles. The number of carboxylic acid groups (broad SMARTS) is 1. The summed E-state index contributed by atoms with van der Waals surface area (Å²) in [5, 5.41) is 27.0. The topological polar surface area (TPSA) is 187 Å². The first kappa shape index (κ1) is 26.4. The van der Waals surface area contributed by atoms with Gasteiger partial charge in [-0.1, -0.05) is 48.5 Å². The third-order valence-corrected chi connectivity index (χ3v) is 5.61. The fourth-order valence-corrected chi connectivity index (χ4v) is 3.69. The zero-order valence-electron chi connectivity index (χ0n) is 19.4. The molecule has 3 amide bonds. The molecule has 2 aromatic carbocycles. The van der Waals surface area contributed by atoms with E-state index in [1.165, 1.54) is 0 Å². The Kier molecular flexibility index (Phi) is 9.14. The lowest BCUT2D eigenvalue weighted by Gasteiger charge is -2.20. The van der Waals surface area contributed by atoms with Crippen LogP contribution in [-0.4, -0.2) is 70.2 Å². The van der Waals surface area contributed by atoms with Gasteiger partial charge in [0.15, 0.2) is 0 Å². The molecule has 0 spiro atoms. The summed E-state index contributed by atoms with van der Waals surface area (Å²) in [6.07, 6.45) is 2.05. The number of aliphatic hydroxyl groups excluding tert-OH is 1. The van der Waals surface area contributed by atoms with Crippen molar-refractivity contribution < 1.29 is 29.4 Å². The number of carboxylic acids is 1. The molecule has 190 valence electrons. The maximum absolute atomic E-state index is 12.5. The number of H-pyrrole nitrogens is 1. The van der Waals surface area contributed by atoms with E-state index in [1.54, 1.807) is 36.5 Å². The SMILES string of the molecule is NC(Cc1c[nH]c2ccccc12)C(=O)NCC(=O)NC(CO)C(=O)NC(Cc1ccccc1)C(=O)O. The zero-order valence-corrected chi connectivity index (χ0v) is 19.4. The van der Waals surface area contributed by atoms with Gasteiger partial charge in [-0.15, -0.1) is 0 Å². The standard InChI is InChI=1S/C25H29N5O6/c26-18(11-16-12-27-19-9-5-4-8-17(16)19)23(33)28-13-22(32)29-21(14-31)24(34)30-20(25(35)36)10-15-6-2-1-3-7-15/h1-9,12,18,20-21,27,31H,10-11,13-14,26H2,(H,28,33)(H,29,32)(H,30,34)(H,35,36). The highest BCUT2D eigenvalue weighted by Gasteiger charge is 2.26. The van der Waals surface area contributed by atoms with Crippen molar-refractivity contribution in [2.75, 3.05) is 13.2 Å². The number of aromatic amines is 1. The molecular formula is C25H29N5O6. The Morgan fingerprint density at radius 3 is 2.28 bits per heavy atom. The third kappa shape index (κ3) is 7.14. The Hall–Kier alpha value is -4.22. The van der Waals surface area contributed by atoms with E-state index in [9.17, 15) is 29.4 Å². The van der Waals surface area contributed by atoms with Crippen LogP contribution in [0.2, 0.25) is 0 Å². The number of rotatable bonds is 12. The van der Waals surface area contributed by atoms with E-state index >= 15 is 0 Å². The molecule has 3 atom stereocenters. The first-order valence-corrected chi connectivity index (χ1v) is 11.3. The predicted molar refractivity (Wildman–Crippen MR) is 132 cm³/mol. The van der Waals surface area contributed by atoms with Gasteiger partial charge in [-0.25, -0.2) is 4.79 Å². The number of para-hydroxylation sites is 1. The molecule has 11 nitrogen and oxygen atoms in total. The molecule has 0 saturated heterocycles. The van der Waals surface area contributed by atoms with E-state index in [-0.39, 0.29) is 12.8 Å². The minimum absolute atomic E-state index is 0.0262. The summed E-state index contributed by atoms with van der Waals surface area (Å²) >= 11 is 0. The number of carbonyl (C=O) groups is 4. The number of nitrogens with two attached hydrogens (primary N) is 1. The van der Waals surface area contributed by atoms with E-state index in [0.717, 1.165) is 16.5 Å². The molecule has 1 heterocycles. The number of benzene rings is 2. The lowest BCUT2D eigenvalue weighted by atomic mass is 10.1. The van der Waals surface area contributed by atoms with Crippen LogP contribution in [0.15, 0.2) is 60.8 Å². The largest absolute Gasteiger partial charge is 0.480 e. The van der Waals surface area contributed by atoms with Gasteiger partial charge >= 0.3 is 5.97 Å². The first-order chi connectivity index (χ1) is 17.3. The van der Waals surface area contributed by atoms with E-state index in [4.69, 9.17) is 5.73 Å². The summed E-state index contributed by atoms with van der Waals surface area (Å²) in [5.41, 5.74) is 8.46. The molecule has 0 aliphatic rings. The maximum atomic E-state index is 12.5. The second-order valence-corrected chi connectivity index (χ2v) is 8.28. The van der Waals surface area contributed by atoms with Crippen molar-refractivity contribution in [2.45, 2.75) is 31.0 Å². The molecule has 0 saturated carbocycles. The van der Waals surface area contributed by atoms with E-state index < -0.39 is 55.0 Å². The monoisotopic (exact) mass is 495 g/mol. The third-order valence-electron chi connectivity index (χ3n) is 5.61. The van der Waals surface area contributed by atoms with Crippen LogP contribution in [-0.2, 0) is 32.0 Å². The van der Waals surface area contributed by atoms with Crippen molar-refractivity contribution in [1.82, 2.24) is 20.9 Å². The summed E-state index contributed by atoms with van der Waals surface area (Å²) in [4.78, 5) is 51.8. The van der Waals surface area contributed by atoms with Crippen LogP contribution in [0.5, 0.6) is 0 Å². The van der Waals surface area contributed by atoms with Crippen LogP contribution in [0.25, 0.3) is 10.9 Å². The number of fused-ring (bicyclic) bond motifs is 1. The van der Waals surface area contributed by atoms with Gasteiger partial charge in [0.25, 0.3) is 0 Å². The number of nitrogens with one attached hydrogen (secondary N) is 4. The van der Waals surface area contributed by atoms with Crippen molar-refractivity contribution in [1.29, 1.82) is 0 Å². The Morgan fingerprint density at radius 1 is 0.889 bits per heavy atom. The van der Waals surface area contributed by atoms with E-state index in [1.807, 2.05) is 24.3 Å². The van der Waals surface area contributed by atoms with Crippen LogP contribution in [0.4, 0.5) is 0 Å². The summed E-state index contributed by atoms with van der Waals surface area (Å²) in [6, 6.07) is 12.7. The molecule has 0 fully saturated rings. The van der Waals surface area contributed by atoms with Gasteiger partial charge in [0, 0.05) is 23.5 Å². The van der Waals surface area contributed by atoms with Gasteiger partial charge in [-0.05, 0) is 23.6 Å². The Morgan fingerprint density at radius 2 is 1.58 bits per heavy atom. The number of aliphatic carboxylic acids is 1. The van der Waals surface area contributed by atoms with E-state index in [2.05, 4.69) is 20.9 Å². The summed E-state index contributed by atoms with van der Waals surface area (Å²) in [5.74, 6) is -3.43. The molecule has 0 aliphatic heterocycles. The number of carbonyl (C=O) groups excluding carboxylic acids is 3. The summed E-state index contributed by atoms with van der Waals surface area (Å²) in [6.45, 7) is -1.24. The van der Waals surface area contributed by atoms with Gasteiger partial charge in [-0.2, -0.15) is 0 Å². The average Bonchev–Trinajstić information content (AvgIpc) is 3.28. The normalized spacial score (nSPS) is 13.4. The molecule has 0 bridgehead atoms. The molecule has 0 radical (unpaired) electrons. The molecule has 3 rings (SSSR count). The van der Waals surface area contributed by atoms with Crippen LogP contribution in [0.1, 0.15) is 11.1 Å². The van der Waals surface area contributed by atoms with Gasteiger partial charge in [0.2, 0.25) is 17.7 Å². The first-order valence-electron chi connectivity index (χ1n) is 11.3. The summed E-state index contributed by atoms with van der Waals surface area (Å²) < 4.78 is 0. The van der Waals surface area contributed by atoms with Gasteiger partial charge in [0.05, 0.1) is 19.2 Å². The molecule has 36 heavy (non-hydrogen) atoms. The van der Waals surface area contributed by atoms with Crippen molar-refractivity contribution >= 4 is 34.6 Å². The number of hydrogen-bond acceptors (Lipinski definition) is 6. The number of hydrogen-bond donors (Lipinski definition) is 7. The van der Waals surface area contributed by atoms with Crippen LogP contribution in [0.3, 0.4) is 0 Å². The molecule has 1 aromatic heterocycles. The minimum Gasteiger partial charge on any atom is -0.480 e. The smallest absolute Gasteiger partial charge is 0.326 e. The van der Waals surface area contributed by atoms with E-state index in [0.29, 0.717) is 5.56 Å². The number of aromatic nitrogens is 1. The lowest BCUT2D eigenvalue weighted by Crippen LogP contribution is -2.55. The highest BCUT2D eigenvalue weighted by molar-refractivity contribution is 5.93. The van der Waals surface area contributed by atoms with Crippen molar-refractivity contribution in [3.05, 3.63) is 71.9 Å². The van der Waals surface area contributed by atoms with Crippen molar-refractivity contribution in [3.63, 3.8) is 0 Å². The quantitative estimate of drug-likeness (QED) is 0.175. The predicted octanol–water partition coefficient (Wildman–Crippen LogP) is -0.557. The highest BCUT2D eigenvalue weighted by atomic mass is 16.4. The van der Waals surface area contributed by atoms with Crippen LogP contribution < -0.4 is 21.7 Å². The molecular weight excluding hydrogens is 466 g/mol. The molecule has 3 unspecified atom stereocenters. The fraction of sp³-hybridized carbons (Fsp3) is 0.280. The highest BCUT2D eigenvalue weighted by Crippen LogP contribution is 2.18. The minimum atomic E-state index is -1.40. The average molecular weight is 496 g/mol. The Labute approximate surface area is 207 Å². The zero-order chi connectivity index (χ0) is 26.1. The molecule has 8 N–H and O–H groups in total. The molecule has 11 heteroatoms. The van der Waals surface area contributed by atoms with Crippen molar-refractivity contribution in [2.24, 2.45) is 5.73 Å². The number of amides is 3. The Balaban J connectivity index is 1.48. The maximum Gasteiger partial charge on any atom is 0.326 e. The second-order valence-electron chi connectivity index (χ2n) is 8.28. The summed E-state index contributed by atoms with van der Waals surface area (Å²) in [7, 11) is 0. The van der Waals surface area contributed by atoms with Crippen molar-refractivity contribution in [3.8, 4) is 0 Å². The van der Waals surface area contributed by atoms with Crippen LogP contribution in [0, 0.1) is 0 Å².